The lowest BCUT2D eigenvalue weighted by Gasteiger charge is -2.35. The summed E-state index contributed by atoms with van der Waals surface area (Å²) in [6, 6.07) is 17.2. The van der Waals surface area contributed by atoms with Crippen LogP contribution in [0.4, 0.5) is 5.69 Å². The van der Waals surface area contributed by atoms with E-state index in [0.717, 1.165) is 16.9 Å². The molecule has 0 saturated heterocycles. The second-order valence-electron chi connectivity index (χ2n) is 8.67. The Kier molecular flexibility index (Phi) is 7.40. The highest BCUT2D eigenvalue weighted by atomic mass is 32.2. The molecule has 0 saturated carbocycles. The molecular formula is C27H30N2O6S. The van der Waals surface area contributed by atoms with E-state index in [2.05, 4.69) is 5.32 Å². The number of sulfonamides is 1. The van der Waals surface area contributed by atoms with Crippen molar-refractivity contribution >= 4 is 21.6 Å². The monoisotopic (exact) mass is 510 g/mol. The summed E-state index contributed by atoms with van der Waals surface area (Å²) in [5, 5.41) is 2.79. The maximum Gasteiger partial charge on any atom is 0.264 e. The second-order valence-corrected chi connectivity index (χ2v) is 10.5. The van der Waals surface area contributed by atoms with E-state index in [0.29, 0.717) is 17.2 Å². The second kappa shape index (κ2) is 10.5. The summed E-state index contributed by atoms with van der Waals surface area (Å²) >= 11 is 0. The van der Waals surface area contributed by atoms with E-state index in [-0.39, 0.29) is 24.6 Å². The Bertz CT molecular complexity index is 1360. The Morgan fingerprint density at radius 1 is 1.00 bits per heavy atom. The van der Waals surface area contributed by atoms with Crippen LogP contribution in [0.2, 0.25) is 0 Å². The summed E-state index contributed by atoms with van der Waals surface area (Å²) < 4.78 is 45.2. The van der Waals surface area contributed by atoms with Crippen molar-refractivity contribution in [2.24, 2.45) is 0 Å². The average molecular weight is 511 g/mol. The number of ether oxygens (including phenoxy) is 3. The first-order valence-corrected chi connectivity index (χ1v) is 13.0. The third-order valence-electron chi connectivity index (χ3n) is 6.07. The van der Waals surface area contributed by atoms with Gasteiger partial charge >= 0.3 is 0 Å². The number of aryl methyl sites for hydroxylation is 3. The van der Waals surface area contributed by atoms with Gasteiger partial charge in [-0.2, -0.15) is 0 Å². The Morgan fingerprint density at radius 2 is 1.72 bits per heavy atom. The number of carbonyl (C=O) groups is 1. The molecule has 1 atom stereocenters. The van der Waals surface area contributed by atoms with Gasteiger partial charge in [-0.1, -0.05) is 12.1 Å². The average Bonchev–Trinajstić information content (AvgIpc) is 2.87. The van der Waals surface area contributed by atoms with Crippen LogP contribution < -0.4 is 23.8 Å². The van der Waals surface area contributed by atoms with Crippen molar-refractivity contribution in [2.45, 2.75) is 31.8 Å². The molecule has 1 amide bonds. The van der Waals surface area contributed by atoms with Crippen LogP contribution in [0, 0.1) is 20.8 Å². The van der Waals surface area contributed by atoms with Crippen LogP contribution >= 0.6 is 0 Å². The molecule has 0 aliphatic carbocycles. The largest absolute Gasteiger partial charge is 0.497 e. The van der Waals surface area contributed by atoms with Crippen molar-refractivity contribution in [3.63, 3.8) is 0 Å². The highest BCUT2D eigenvalue weighted by Gasteiger charge is 2.37. The minimum absolute atomic E-state index is 0.0959. The van der Waals surface area contributed by atoms with Gasteiger partial charge in [0.05, 0.1) is 30.8 Å². The molecule has 3 aromatic carbocycles. The standard InChI is InChI=1S/C27H30N2O6S/c1-18-5-12-25-24(15-18)29(36(31,32)23-10-8-21(33-4)9-11-23)17-26(35-25)27(30)28-13-14-34-22-7-6-19(2)20(3)16-22/h5-12,15-16,26H,13-14,17H2,1-4H3,(H,28,30). The molecule has 1 aliphatic heterocycles. The summed E-state index contributed by atoms with van der Waals surface area (Å²) in [6.45, 7) is 6.26. The van der Waals surface area contributed by atoms with Gasteiger partial charge in [0, 0.05) is 0 Å². The van der Waals surface area contributed by atoms with Crippen LogP contribution in [-0.2, 0) is 14.8 Å². The number of hydrogen-bond acceptors (Lipinski definition) is 6. The van der Waals surface area contributed by atoms with Crippen LogP contribution in [0.15, 0.2) is 65.6 Å². The third kappa shape index (κ3) is 5.41. The first-order valence-electron chi connectivity index (χ1n) is 11.6. The van der Waals surface area contributed by atoms with Gasteiger partial charge in [-0.25, -0.2) is 8.42 Å². The lowest BCUT2D eigenvalue weighted by atomic mass is 10.1. The Labute approximate surface area is 211 Å². The van der Waals surface area contributed by atoms with E-state index in [9.17, 15) is 13.2 Å². The molecule has 0 radical (unpaired) electrons. The zero-order chi connectivity index (χ0) is 25.9. The Morgan fingerprint density at radius 3 is 2.42 bits per heavy atom. The summed E-state index contributed by atoms with van der Waals surface area (Å²) in [7, 11) is -2.44. The molecule has 8 nitrogen and oxygen atoms in total. The lowest BCUT2D eigenvalue weighted by Crippen LogP contribution is -2.51. The normalized spacial score (nSPS) is 15.0. The van der Waals surface area contributed by atoms with Gasteiger partial charge < -0.3 is 19.5 Å². The van der Waals surface area contributed by atoms with Crippen molar-refractivity contribution in [2.75, 3.05) is 31.1 Å². The first kappa shape index (κ1) is 25.4. The van der Waals surface area contributed by atoms with Crippen molar-refractivity contribution in [1.29, 1.82) is 0 Å². The zero-order valence-electron chi connectivity index (χ0n) is 20.8. The molecule has 190 valence electrons. The van der Waals surface area contributed by atoms with Gasteiger partial charge in [-0.15, -0.1) is 0 Å². The van der Waals surface area contributed by atoms with Gasteiger partial charge in [0.1, 0.15) is 23.9 Å². The molecule has 1 N–H and O–H groups in total. The maximum absolute atomic E-state index is 13.6. The molecular weight excluding hydrogens is 480 g/mol. The summed E-state index contributed by atoms with van der Waals surface area (Å²) in [5.74, 6) is 1.19. The fourth-order valence-corrected chi connectivity index (χ4v) is 5.33. The molecule has 0 spiro atoms. The number of methoxy groups -OCH3 is 1. The molecule has 3 aromatic rings. The van der Waals surface area contributed by atoms with Crippen molar-refractivity contribution in [3.05, 3.63) is 77.4 Å². The van der Waals surface area contributed by atoms with Gasteiger partial charge in [-0.05, 0) is 86.0 Å². The van der Waals surface area contributed by atoms with Crippen molar-refractivity contribution in [3.8, 4) is 17.2 Å². The number of amides is 1. The third-order valence-corrected chi connectivity index (χ3v) is 7.87. The van der Waals surface area contributed by atoms with E-state index in [4.69, 9.17) is 14.2 Å². The van der Waals surface area contributed by atoms with Crippen LogP contribution in [0.5, 0.6) is 17.2 Å². The smallest absolute Gasteiger partial charge is 0.264 e. The number of hydrogen-bond donors (Lipinski definition) is 1. The molecule has 0 fully saturated rings. The summed E-state index contributed by atoms with van der Waals surface area (Å²) in [6.07, 6.45) is -1.02. The van der Waals surface area contributed by atoms with Crippen LogP contribution in [0.1, 0.15) is 16.7 Å². The van der Waals surface area contributed by atoms with E-state index < -0.39 is 22.0 Å². The quantitative estimate of drug-likeness (QED) is 0.464. The van der Waals surface area contributed by atoms with Crippen LogP contribution in [0.3, 0.4) is 0 Å². The van der Waals surface area contributed by atoms with Crippen LogP contribution in [0.25, 0.3) is 0 Å². The highest BCUT2D eigenvalue weighted by Crippen LogP contribution is 2.38. The topological polar surface area (TPSA) is 94.2 Å². The van der Waals surface area contributed by atoms with E-state index in [1.54, 1.807) is 24.3 Å². The highest BCUT2D eigenvalue weighted by molar-refractivity contribution is 7.92. The minimum atomic E-state index is -3.96. The molecule has 1 heterocycles. The number of nitrogens with one attached hydrogen (secondary N) is 1. The minimum Gasteiger partial charge on any atom is -0.497 e. The first-order chi connectivity index (χ1) is 17.2. The number of nitrogens with zero attached hydrogens (tertiary/aromatic N) is 1. The van der Waals surface area contributed by atoms with E-state index in [1.807, 2.05) is 45.0 Å². The van der Waals surface area contributed by atoms with Crippen molar-refractivity contribution in [1.82, 2.24) is 5.32 Å². The van der Waals surface area contributed by atoms with E-state index in [1.165, 1.54) is 29.1 Å². The molecule has 1 aliphatic rings. The van der Waals surface area contributed by atoms with Gasteiger partial charge in [-0.3, -0.25) is 9.10 Å². The molecule has 1 unspecified atom stereocenters. The maximum atomic E-state index is 13.6. The van der Waals surface area contributed by atoms with Gasteiger partial charge in [0.2, 0.25) is 0 Å². The summed E-state index contributed by atoms with van der Waals surface area (Å²) in [4.78, 5) is 13.0. The molecule has 0 bridgehead atoms. The zero-order valence-corrected chi connectivity index (χ0v) is 21.6. The predicted molar refractivity (Wildman–Crippen MR) is 138 cm³/mol. The number of anilines is 1. The molecule has 36 heavy (non-hydrogen) atoms. The van der Waals surface area contributed by atoms with Crippen molar-refractivity contribution < 1.29 is 27.4 Å². The summed E-state index contributed by atoms with van der Waals surface area (Å²) in [5.41, 5.74) is 3.57. The lowest BCUT2D eigenvalue weighted by molar-refractivity contribution is -0.127. The van der Waals surface area contributed by atoms with Gasteiger partial charge in [0.15, 0.2) is 6.10 Å². The fourth-order valence-electron chi connectivity index (χ4n) is 3.86. The SMILES string of the molecule is COc1ccc(S(=O)(=O)N2CC(C(=O)NCCOc3ccc(C)c(C)c3)Oc3ccc(C)cc32)cc1. The predicted octanol–water partition coefficient (Wildman–Crippen LogP) is 3.77. The van der Waals surface area contributed by atoms with Gasteiger partial charge in [0.25, 0.3) is 15.9 Å². The molecule has 4 rings (SSSR count). The Hall–Kier alpha value is -3.72. The Balaban J connectivity index is 1.48. The number of benzene rings is 3. The number of fused-ring (bicyclic) bond motifs is 1. The van der Waals surface area contributed by atoms with Crippen LogP contribution in [-0.4, -0.2) is 47.2 Å². The number of carbonyl (C=O) groups excluding carboxylic acids is 1. The van der Waals surface area contributed by atoms with E-state index >= 15 is 0 Å². The number of rotatable bonds is 8. The molecule has 0 aromatic heterocycles. The fraction of sp³-hybridized carbons (Fsp3) is 0.296. The molecule has 9 heteroatoms.